The SMILES string of the molecule is N#CC1(CC(=O)O)CCCCC1.[K]. The molecule has 0 aromatic carbocycles. The Bertz CT molecular complexity index is 216. The maximum atomic E-state index is 10.5. The number of hydrogen-bond donors (Lipinski definition) is 1. The van der Waals surface area contributed by atoms with Crippen LogP contribution in [0.3, 0.4) is 0 Å². The van der Waals surface area contributed by atoms with Crippen molar-refractivity contribution < 1.29 is 9.90 Å². The van der Waals surface area contributed by atoms with E-state index in [1.54, 1.807) is 0 Å². The van der Waals surface area contributed by atoms with E-state index in [0.717, 1.165) is 32.1 Å². The molecular weight excluding hydrogens is 193 g/mol. The summed E-state index contributed by atoms with van der Waals surface area (Å²) < 4.78 is 0. The van der Waals surface area contributed by atoms with E-state index in [1.165, 1.54) is 0 Å². The normalized spacial score (nSPS) is 19.6. The number of rotatable bonds is 2. The minimum Gasteiger partial charge on any atom is -0.481 e. The third kappa shape index (κ3) is 4.09. The van der Waals surface area contributed by atoms with Crippen LogP contribution in [0.4, 0.5) is 0 Å². The van der Waals surface area contributed by atoms with Crippen LogP contribution < -0.4 is 0 Å². The van der Waals surface area contributed by atoms with E-state index in [2.05, 4.69) is 6.07 Å². The molecule has 1 aliphatic carbocycles. The summed E-state index contributed by atoms with van der Waals surface area (Å²) in [7, 11) is 0. The second-order valence-corrected chi connectivity index (χ2v) is 3.52. The molecule has 0 bridgehead atoms. The zero-order valence-corrected chi connectivity index (χ0v) is 11.2. The van der Waals surface area contributed by atoms with Gasteiger partial charge in [0.25, 0.3) is 0 Å². The van der Waals surface area contributed by atoms with Crippen molar-refractivity contribution >= 4 is 57.4 Å². The Hall–Kier alpha value is 0.596. The van der Waals surface area contributed by atoms with Gasteiger partial charge in [-0.05, 0) is 12.8 Å². The average Bonchev–Trinajstić information content (AvgIpc) is 2.05. The first-order chi connectivity index (χ1) is 5.68. The molecule has 0 atom stereocenters. The van der Waals surface area contributed by atoms with Crippen molar-refractivity contribution in [1.29, 1.82) is 5.26 Å². The quantitative estimate of drug-likeness (QED) is 0.697. The van der Waals surface area contributed by atoms with Gasteiger partial charge in [-0.3, -0.25) is 4.79 Å². The molecule has 1 radical (unpaired) electrons. The molecule has 0 saturated heterocycles. The van der Waals surface area contributed by atoms with E-state index in [4.69, 9.17) is 10.4 Å². The number of nitriles is 1. The molecule has 67 valence electrons. The molecule has 1 fully saturated rings. The third-order valence-corrected chi connectivity index (χ3v) is 2.54. The van der Waals surface area contributed by atoms with Crippen LogP contribution in [0.15, 0.2) is 0 Å². The van der Waals surface area contributed by atoms with Gasteiger partial charge in [0.05, 0.1) is 17.9 Å². The second kappa shape index (κ2) is 6.15. The summed E-state index contributed by atoms with van der Waals surface area (Å²) in [5, 5.41) is 17.5. The Morgan fingerprint density at radius 1 is 1.38 bits per heavy atom. The summed E-state index contributed by atoms with van der Waals surface area (Å²) in [6.07, 6.45) is 4.68. The molecule has 0 aromatic heterocycles. The number of carbonyl (C=O) groups is 1. The molecule has 4 heteroatoms. The minimum absolute atomic E-state index is 0. The summed E-state index contributed by atoms with van der Waals surface area (Å²) in [6, 6.07) is 2.17. The fraction of sp³-hybridized carbons (Fsp3) is 0.778. The first kappa shape index (κ1) is 13.6. The van der Waals surface area contributed by atoms with Crippen LogP contribution in [0.5, 0.6) is 0 Å². The van der Waals surface area contributed by atoms with Crippen molar-refractivity contribution in [3.63, 3.8) is 0 Å². The molecule has 0 spiro atoms. The van der Waals surface area contributed by atoms with E-state index in [-0.39, 0.29) is 57.8 Å². The molecule has 0 aliphatic heterocycles. The Morgan fingerprint density at radius 3 is 2.31 bits per heavy atom. The van der Waals surface area contributed by atoms with Gasteiger partial charge in [-0.2, -0.15) is 5.26 Å². The van der Waals surface area contributed by atoms with E-state index < -0.39 is 11.4 Å². The van der Waals surface area contributed by atoms with Gasteiger partial charge >= 0.3 is 5.97 Å². The summed E-state index contributed by atoms with van der Waals surface area (Å²) in [4.78, 5) is 10.5. The van der Waals surface area contributed by atoms with Gasteiger partial charge in [0, 0.05) is 51.4 Å². The second-order valence-electron chi connectivity index (χ2n) is 3.52. The van der Waals surface area contributed by atoms with E-state index >= 15 is 0 Å². The van der Waals surface area contributed by atoms with Crippen LogP contribution >= 0.6 is 0 Å². The molecule has 1 saturated carbocycles. The van der Waals surface area contributed by atoms with Gasteiger partial charge in [0.15, 0.2) is 0 Å². The van der Waals surface area contributed by atoms with Crippen molar-refractivity contribution in [2.45, 2.75) is 38.5 Å². The fourth-order valence-electron chi connectivity index (χ4n) is 1.85. The number of carboxylic acids is 1. The van der Waals surface area contributed by atoms with Crippen LogP contribution in [-0.4, -0.2) is 62.5 Å². The van der Waals surface area contributed by atoms with E-state index in [9.17, 15) is 4.79 Å². The van der Waals surface area contributed by atoms with Crippen molar-refractivity contribution in [2.75, 3.05) is 0 Å². The van der Waals surface area contributed by atoms with Gasteiger partial charge in [-0.15, -0.1) is 0 Å². The molecule has 1 rings (SSSR count). The first-order valence-electron chi connectivity index (χ1n) is 4.32. The van der Waals surface area contributed by atoms with Gasteiger partial charge in [0.1, 0.15) is 0 Å². The Balaban J connectivity index is 0.00000144. The fourth-order valence-corrected chi connectivity index (χ4v) is 1.85. The predicted molar refractivity (Wildman–Crippen MR) is 49.1 cm³/mol. The summed E-state index contributed by atoms with van der Waals surface area (Å²) >= 11 is 0. The number of aliphatic carboxylic acids is 1. The van der Waals surface area contributed by atoms with Gasteiger partial charge in [-0.25, -0.2) is 0 Å². The van der Waals surface area contributed by atoms with Gasteiger partial charge < -0.3 is 5.11 Å². The average molecular weight is 206 g/mol. The maximum Gasteiger partial charge on any atom is 0.304 e. The predicted octanol–water partition coefficient (Wildman–Crippen LogP) is 1.55. The molecular formula is C9H13KNO2. The monoisotopic (exact) mass is 206 g/mol. The summed E-state index contributed by atoms with van der Waals surface area (Å²) in [6.45, 7) is 0. The van der Waals surface area contributed by atoms with Crippen LogP contribution in [0, 0.1) is 16.7 Å². The molecule has 0 heterocycles. The summed E-state index contributed by atoms with van der Waals surface area (Å²) in [5.74, 6) is -0.849. The van der Waals surface area contributed by atoms with Crippen LogP contribution in [-0.2, 0) is 4.79 Å². The smallest absolute Gasteiger partial charge is 0.304 e. The molecule has 3 nitrogen and oxygen atoms in total. The topological polar surface area (TPSA) is 61.1 Å². The number of carboxylic acid groups (broad SMARTS) is 1. The minimum atomic E-state index is -0.849. The van der Waals surface area contributed by atoms with Crippen LogP contribution in [0.1, 0.15) is 38.5 Å². The molecule has 0 amide bonds. The third-order valence-electron chi connectivity index (χ3n) is 2.54. The Labute approximate surface area is 121 Å². The molecule has 0 unspecified atom stereocenters. The van der Waals surface area contributed by atoms with Crippen molar-refractivity contribution in [1.82, 2.24) is 0 Å². The number of hydrogen-bond acceptors (Lipinski definition) is 2. The Kier molecular flexibility index (Phi) is 6.43. The van der Waals surface area contributed by atoms with Gasteiger partial charge in [-0.1, -0.05) is 19.3 Å². The zero-order valence-electron chi connectivity index (χ0n) is 8.05. The summed E-state index contributed by atoms with van der Waals surface area (Å²) in [5.41, 5.74) is -0.552. The largest absolute Gasteiger partial charge is 0.481 e. The van der Waals surface area contributed by atoms with Crippen molar-refractivity contribution in [3.8, 4) is 6.07 Å². The maximum absolute atomic E-state index is 10.5. The molecule has 0 aromatic rings. The molecule has 13 heavy (non-hydrogen) atoms. The standard InChI is InChI=1S/C9H13NO2.K/c10-7-9(6-8(11)12)4-2-1-3-5-9;/h1-6H2,(H,11,12);. The van der Waals surface area contributed by atoms with E-state index in [1.807, 2.05) is 0 Å². The zero-order chi connectivity index (χ0) is 9.03. The van der Waals surface area contributed by atoms with Gasteiger partial charge in [0.2, 0.25) is 0 Å². The number of nitrogens with zero attached hydrogens (tertiary/aromatic N) is 1. The molecule has 1 aliphatic rings. The van der Waals surface area contributed by atoms with E-state index in [0.29, 0.717) is 0 Å². The molecule has 1 N–H and O–H groups in total. The first-order valence-corrected chi connectivity index (χ1v) is 4.32. The Morgan fingerprint density at radius 2 is 1.92 bits per heavy atom. The van der Waals surface area contributed by atoms with Crippen molar-refractivity contribution in [3.05, 3.63) is 0 Å². The van der Waals surface area contributed by atoms with Crippen LogP contribution in [0.25, 0.3) is 0 Å². The van der Waals surface area contributed by atoms with Crippen LogP contribution in [0.2, 0.25) is 0 Å². The van der Waals surface area contributed by atoms with Crippen molar-refractivity contribution in [2.24, 2.45) is 5.41 Å².